The predicted molar refractivity (Wildman–Crippen MR) is 59.0 cm³/mol. The number of nitrogens with zero attached hydrogens (tertiary/aromatic N) is 1. The Labute approximate surface area is 101 Å². The Balaban J connectivity index is 3.31. The number of aromatic nitrogens is 1. The molecule has 7 heteroatoms. The molecule has 0 saturated heterocycles. The average Bonchev–Trinajstić information content (AvgIpc) is 2.08. The zero-order chi connectivity index (χ0) is 13.4. The summed E-state index contributed by atoms with van der Waals surface area (Å²) < 4.78 is 38.4. The van der Waals surface area contributed by atoms with Crippen LogP contribution < -0.4 is 11.3 Å². The summed E-state index contributed by atoms with van der Waals surface area (Å²) >= 11 is 5.48. The number of hydrogen-bond donors (Lipinski definition) is 1. The van der Waals surface area contributed by atoms with Gasteiger partial charge in [-0.15, -0.1) is 0 Å². The monoisotopic (exact) mass is 268 g/mol. The molecule has 0 aliphatic rings. The van der Waals surface area contributed by atoms with Crippen molar-refractivity contribution in [3.63, 3.8) is 0 Å². The van der Waals surface area contributed by atoms with Crippen LogP contribution in [0.3, 0.4) is 0 Å². The van der Waals surface area contributed by atoms with Crippen molar-refractivity contribution >= 4 is 11.6 Å². The summed E-state index contributed by atoms with van der Waals surface area (Å²) in [5.74, 6) is 0. The summed E-state index contributed by atoms with van der Waals surface area (Å²) in [5.41, 5.74) is 3.20. The van der Waals surface area contributed by atoms with E-state index in [1.807, 2.05) is 0 Å². The number of hydrogen-bond acceptors (Lipinski definition) is 2. The second kappa shape index (κ2) is 4.34. The first-order valence-corrected chi connectivity index (χ1v) is 5.14. The Kier molecular flexibility index (Phi) is 3.59. The highest BCUT2D eigenvalue weighted by Crippen LogP contribution is 2.29. The molecule has 0 amide bonds. The molecule has 0 aliphatic carbocycles. The quantitative estimate of drug-likeness (QED) is 0.894. The van der Waals surface area contributed by atoms with Crippen LogP contribution in [0, 0.1) is 0 Å². The molecular formula is C10H12ClF3N2O. The normalized spacial score (nSPS) is 12.9. The van der Waals surface area contributed by atoms with Gasteiger partial charge in [-0.25, -0.2) is 0 Å². The van der Waals surface area contributed by atoms with Crippen molar-refractivity contribution in [2.75, 3.05) is 0 Å². The van der Waals surface area contributed by atoms with Gasteiger partial charge in [-0.3, -0.25) is 4.79 Å². The average molecular weight is 269 g/mol. The molecule has 3 nitrogen and oxygen atoms in total. The van der Waals surface area contributed by atoms with Crippen molar-refractivity contribution in [1.29, 1.82) is 0 Å². The zero-order valence-corrected chi connectivity index (χ0v) is 10.1. The molecule has 0 atom stereocenters. The van der Waals surface area contributed by atoms with E-state index in [1.54, 1.807) is 13.8 Å². The summed E-state index contributed by atoms with van der Waals surface area (Å²) in [5, 5.41) is -0.468. The standard InChI is InChI=1S/C10H12ClF3N2O/c1-9(2,15)5-16-4-6(10(12,13)14)3-7(11)8(16)17/h3-4H,5,15H2,1-2H3. The molecule has 0 bridgehead atoms. The van der Waals surface area contributed by atoms with E-state index in [0.29, 0.717) is 6.07 Å². The number of pyridine rings is 1. The first-order valence-electron chi connectivity index (χ1n) is 4.77. The molecular weight excluding hydrogens is 257 g/mol. The molecule has 1 rings (SSSR count). The van der Waals surface area contributed by atoms with Crippen LogP contribution in [0.2, 0.25) is 5.02 Å². The van der Waals surface area contributed by atoms with Crippen LogP contribution in [-0.2, 0) is 12.7 Å². The molecule has 0 unspecified atom stereocenters. The van der Waals surface area contributed by atoms with Crippen molar-refractivity contribution in [3.8, 4) is 0 Å². The smallest absolute Gasteiger partial charge is 0.324 e. The third kappa shape index (κ3) is 3.74. The fraction of sp³-hybridized carbons (Fsp3) is 0.500. The van der Waals surface area contributed by atoms with Crippen LogP contribution in [0.15, 0.2) is 17.1 Å². The Bertz CT molecular complexity index is 474. The summed E-state index contributed by atoms with van der Waals surface area (Å²) in [4.78, 5) is 11.5. The van der Waals surface area contributed by atoms with Gasteiger partial charge in [-0.1, -0.05) is 11.6 Å². The van der Waals surface area contributed by atoms with E-state index in [2.05, 4.69) is 0 Å². The highest BCUT2D eigenvalue weighted by Gasteiger charge is 2.32. The summed E-state index contributed by atoms with van der Waals surface area (Å²) in [6.45, 7) is 3.16. The van der Waals surface area contributed by atoms with Gasteiger partial charge in [-0.2, -0.15) is 13.2 Å². The molecule has 0 saturated carbocycles. The minimum atomic E-state index is -4.54. The molecule has 96 valence electrons. The maximum Gasteiger partial charge on any atom is 0.417 e. The first-order chi connectivity index (χ1) is 7.50. The fourth-order valence-corrected chi connectivity index (χ4v) is 1.54. The van der Waals surface area contributed by atoms with Crippen molar-refractivity contribution in [2.45, 2.75) is 32.1 Å². The Morgan fingerprint density at radius 3 is 2.35 bits per heavy atom. The molecule has 0 aliphatic heterocycles. The van der Waals surface area contributed by atoms with Crippen LogP contribution in [0.5, 0.6) is 0 Å². The molecule has 1 heterocycles. The van der Waals surface area contributed by atoms with Gasteiger partial charge in [0.2, 0.25) is 0 Å². The van der Waals surface area contributed by atoms with Gasteiger partial charge in [0.15, 0.2) is 0 Å². The molecule has 1 aromatic rings. The van der Waals surface area contributed by atoms with Gasteiger partial charge in [-0.05, 0) is 19.9 Å². The third-order valence-corrected chi connectivity index (χ3v) is 2.22. The molecule has 17 heavy (non-hydrogen) atoms. The lowest BCUT2D eigenvalue weighted by Gasteiger charge is -2.21. The molecule has 0 fully saturated rings. The van der Waals surface area contributed by atoms with Crippen LogP contribution in [0.4, 0.5) is 13.2 Å². The van der Waals surface area contributed by atoms with E-state index in [1.165, 1.54) is 0 Å². The minimum absolute atomic E-state index is 0.0462. The lowest BCUT2D eigenvalue weighted by molar-refractivity contribution is -0.138. The number of halogens is 4. The van der Waals surface area contributed by atoms with E-state index in [-0.39, 0.29) is 6.54 Å². The first kappa shape index (κ1) is 14.1. The summed E-state index contributed by atoms with van der Waals surface area (Å²) in [6.07, 6.45) is -3.82. The molecule has 1 aromatic heterocycles. The van der Waals surface area contributed by atoms with Crippen LogP contribution in [0.25, 0.3) is 0 Å². The Morgan fingerprint density at radius 1 is 1.41 bits per heavy atom. The van der Waals surface area contributed by atoms with E-state index in [0.717, 1.165) is 10.8 Å². The third-order valence-electron chi connectivity index (χ3n) is 1.95. The van der Waals surface area contributed by atoms with E-state index >= 15 is 0 Å². The topological polar surface area (TPSA) is 48.0 Å². The number of alkyl halides is 3. The van der Waals surface area contributed by atoms with Crippen molar-refractivity contribution in [2.24, 2.45) is 5.73 Å². The molecule has 2 N–H and O–H groups in total. The van der Waals surface area contributed by atoms with Gasteiger partial charge in [0.05, 0.1) is 5.56 Å². The van der Waals surface area contributed by atoms with Gasteiger partial charge >= 0.3 is 6.18 Å². The van der Waals surface area contributed by atoms with Gasteiger partial charge < -0.3 is 10.3 Å². The minimum Gasteiger partial charge on any atom is -0.324 e. The summed E-state index contributed by atoms with van der Waals surface area (Å²) in [7, 11) is 0. The lowest BCUT2D eigenvalue weighted by Crippen LogP contribution is -2.40. The number of rotatable bonds is 2. The lowest BCUT2D eigenvalue weighted by atomic mass is 10.1. The van der Waals surface area contributed by atoms with E-state index in [4.69, 9.17) is 17.3 Å². The van der Waals surface area contributed by atoms with E-state index in [9.17, 15) is 18.0 Å². The molecule has 0 radical (unpaired) electrons. The van der Waals surface area contributed by atoms with Crippen LogP contribution in [-0.4, -0.2) is 10.1 Å². The Hall–Kier alpha value is -1.01. The number of nitrogens with two attached hydrogens (primary N) is 1. The Morgan fingerprint density at radius 2 is 1.94 bits per heavy atom. The maximum absolute atomic E-state index is 12.5. The predicted octanol–water partition coefficient (Wildman–Crippen LogP) is 2.26. The fourth-order valence-electron chi connectivity index (χ4n) is 1.31. The highest BCUT2D eigenvalue weighted by molar-refractivity contribution is 6.30. The van der Waals surface area contributed by atoms with E-state index < -0.39 is 27.9 Å². The second-order valence-electron chi connectivity index (χ2n) is 4.50. The van der Waals surface area contributed by atoms with Gasteiger partial charge in [0.1, 0.15) is 5.02 Å². The van der Waals surface area contributed by atoms with Crippen molar-refractivity contribution < 1.29 is 13.2 Å². The van der Waals surface area contributed by atoms with Gasteiger partial charge in [0, 0.05) is 18.3 Å². The zero-order valence-electron chi connectivity index (χ0n) is 9.31. The maximum atomic E-state index is 12.5. The largest absolute Gasteiger partial charge is 0.417 e. The van der Waals surface area contributed by atoms with Gasteiger partial charge in [0.25, 0.3) is 5.56 Å². The van der Waals surface area contributed by atoms with Crippen LogP contribution in [0.1, 0.15) is 19.4 Å². The second-order valence-corrected chi connectivity index (χ2v) is 4.90. The SMILES string of the molecule is CC(C)(N)Cn1cc(C(F)(F)F)cc(Cl)c1=O. The van der Waals surface area contributed by atoms with Crippen molar-refractivity contribution in [1.82, 2.24) is 4.57 Å². The highest BCUT2D eigenvalue weighted by atomic mass is 35.5. The van der Waals surface area contributed by atoms with Crippen LogP contribution >= 0.6 is 11.6 Å². The summed E-state index contributed by atoms with van der Waals surface area (Å²) in [6, 6.07) is 0.615. The van der Waals surface area contributed by atoms with Crippen molar-refractivity contribution in [3.05, 3.63) is 33.2 Å². The molecule has 0 aromatic carbocycles. The molecule has 0 spiro atoms.